The topological polar surface area (TPSA) is 33.3 Å². The monoisotopic (exact) mass is 440 g/mol. The van der Waals surface area contributed by atoms with Crippen LogP contribution < -0.4 is 10.6 Å². The highest BCUT2D eigenvalue weighted by Gasteiger charge is 2.20. The third-order valence-electron chi connectivity index (χ3n) is 5.47. The second kappa shape index (κ2) is 8.00. The summed E-state index contributed by atoms with van der Waals surface area (Å²) in [6.07, 6.45) is 0. The lowest BCUT2D eigenvalue weighted by molar-refractivity contribution is 0.108. The number of hydrogen-bond donors (Lipinski definition) is 2. The Morgan fingerprint density at radius 2 is 0.968 bits per heavy atom. The van der Waals surface area contributed by atoms with Gasteiger partial charge in [0, 0.05) is 30.7 Å². The van der Waals surface area contributed by atoms with Crippen molar-refractivity contribution in [2.75, 3.05) is 10.6 Å². The van der Waals surface area contributed by atoms with E-state index >= 15 is 0 Å². The molecule has 0 spiro atoms. The van der Waals surface area contributed by atoms with E-state index in [1.807, 2.05) is 23.5 Å². The van der Waals surface area contributed by atoms with Crippen molar-refractivity contribution in [3.05, 3.63) is 96.1 Å². The van der Waals surface area contributed by atoms with Crippen molar-refractivity contribution >= 4 is 46.3 Å². The predicted molar refractivity (Wildman–Crippen MR) is 129 cm³/mol. The number of hydrogen-bond acceptors (Lipinski definition) is 5. The van der Waals surface area contributed by atoms with E-state index in [0.717, 1.165) is 22.7 Å². The van der Waals surface area contributed by atoms with Crippen molar-refractivity contribution in [3.63, 3.8) is 0 Å². The zero-order chi connectivity index (χ0) is 20.6. The first-order chi connectivity index (χ1) is 15.3. The largest absolute Gasteiger partial charge is 0.372 e. The lowest BCUT2D eigenvalue weighted by atomic mass is 10.1. The summed E-state index contributed by atoms with van der Waals surface area (Å²) >= 11 is 3.62. The van der Waals surface area contributed by atoms with Crippen LogP contribution >= 0.6 is 23.5 Å². The van der Waals surface area contributed by atoms with Crippen molar-refractivity contribution in [2.45, 2.75) is 32.8 Å². The van der Waals surface area contributed by atoms with Crippen molar-refractivity contribution in [3.8, 4) is 0 Å². The van der Waals surface area contributed by atoms with Gasteiger partial charge in [-0.3, -0.25) is 0 Å². The number of para-hydroxylation sites is 4. The average molecular weight is 441 g/mol. The molecule has 2 N–H and O–H groups in total. The molecule has 2 aliphatic heterocycles. The molecule has 152 valence electrons. The van der Waals surface area contributed by atoms with Crippen LogP contribution in [0.4, 0.5) is 22.7 Å². The summed E-state index contributed by atoms with van der Waals surface area (Å²) in [5.41, 5.74) is 6.98. The molecule has 0 aliphatic carbocycles. The van der Waals surface area contributed by atoms with Crippen LogP contribution in [0.15, 0.2) is 105 Å². The minimum absolute atomic E-state index is 0.562. The number of benzene rings is 4. The van der Waals surface area contributed by atoms with Gasteiger partial charge in [0.05, 0.1) is 36.0 Å². The molecule has 5 heteroatoms. The maximum atomic E-state index is 6.22. The van der Waals surface area contributed by atoms with Crippen molar-refractivity contribution in [1.29, 1.82) is 0 Å². The number of rotatable bonds is 4. The van der Waals surface area contributed by atoms with E-state index in [1.54, 1.807) is 0 Å². The molecule has 0 saturated carbocycles. The van der Waals surface area contributed by atoms with Crippen LogP contribution in [0.5, 0.6) is 0 Å². The maximum absolute atomic E-state index is 6.22. The molecule has 6 rings (SSSR count). The summed E-state index contributed by atoms with van der Waals surface area (Å²) in [7, 11) is 0. The molecule has 3 nitrogen and oxygen atoms in total. The Kier molecular flexibility index (Phi) is 4.87. The number of ether oxygens (including phenoxy) is 1. The second-order valence-corrected chi connectivity index (χ2v) is 9.69. The molecule has 0 atom stereocenters. The quantitative estimate of drug-likeness (QED) is 0.292. The van der Waals surface area contributed by atoms with Crippen molar-refractivity contribution in [2.24, 2.45) is 0 Å². The van der Waals surface area contributed by atoms with Gasteiger partial charge in [0.2, 0.25) is 0 Å². The van der Waals surface area contributed by atoms with E-state index in [-0.39, 0.29) is 0 Å². The summed E-state index contributed by atoms with van der Waals surface area (Å²) in [4.78, 5) is 5.00. The van der Waals surface area contributed by atoms with E-state index in [2.05, 4.69) is 95.6 Å². The Labute approximate surface area is 190 Å². The fraction of sp³-hybridized carbons (Fsp3) is 0.0769. The standard InChI is InChI=1S/C26H20N2OS2/c1-3-11-21-19(9-1)27-25-17(7-5-13-23(25)30-21)15-29-16-18-8-6-14-24-26(18)28-20-10-2-4-12-22(20)31-24/h1-14,27-28H,15-16H2. The predicted octanol–water partition coefficient (Wildman–Crippen LogP) is 7.82. The fourth-order valence-corrected chi connectivity index (χ4v) is 6.03. The molecular weight excluding hydrogens is 420 g/mol. The smallest absolute Gasteiger partial charge is 0.0742 e. The van der Waals surface area contributed by atoms with Gasteiger partial charge in [-0.1, -0.05) is 72.1 Å². The van der Waals surface area contributed by atoms with Crippen LogP contribution in [0.3, 0.4) is 0 Å². The van der Waals surface area contributed by atoms with Gasteiger partial charge >= 0.3 is 0 Å². The highest BCUT2D eigenvalue weighted by atomic mass is 32.2. The molecule has 0 amide bonds. The first-order valence-corrected chi connectivity index (χ1v) is 11.9. The van der Waals surface area contributed by atoms with Crippen LogP contribution in [0, 0.1) is 0 Å². The first kappa shape index (κ1) is 18.9. The highest BCUT2D eigenvalue weighted by molar-refractivity contribution is 8.00. The Bertz CT molecular complexity index is 1190. The van der Waals surface area contributed by atoms with Gasteiger partial charge in [-0.15, -0.1) is 0 Å². The van der Waals surface area contributed by atoms with Gasteiger partial charge in [0.1, 0.15) is 0 Å². The van der Waals surface area contributed by atoms with Crippen LogP contribution in [0.2, 0.25) is 0 Å². The molecule has 0 radical (unpaired) electrons. The number of fused-ring (bicyclic) bond motifs is 4. The highest BCUT2D eigenvalue weighted by Crippen LogP contribution is 2.47. The third kappa shape index (κ3) is 3.59. The van der Waals surface area contributed by atoms with E-state index in [4.69, 9.17) is 4.74 Å². The molecule has 2 aliphatic rings. The lowest BCUT2D eigenvalue weighted by Gasteiger charge is -2.24. The molecular formula is C26H20N2OS2. The van der Waals surface area contributed by atoms with Gasteiger partial charge in [-0.2, -0.15) is 0 Å². The summed E-state index contributed by atoms with van der Waals surface area (Å²) in [5.74, 6) is 0. The van der Waals surface area contributed by atoms with E-state index < -0.39 is 0 Å². The van der Waals surface area contributed by atoms with Gasteiger partial charge in [-0.25, -0.2) is 0 Å². The molecule has 0 saturated heterocycles. The van der Waals surface area contributed by atoms with Gasteiger partial charge in [-0.05, 0) is 36.4 Å². The zero-order valence-corrected chi connectivity index (χ0v) is 18.4. The maximum Gasteiger partial charge on any atom is 0.0742 e. The van der Waals surface area contributed by atoms with Crippen LogP contribution in [0.1, 0.15) is 11.1 Å². The van der Waals surface area contributed by atoms with Gasteiger partial charge in [0.25, 0.3) is 0 Å². The number of nitrogens with one attached hydrogen (secondary N) is 2. The first-order valence-electron chi connectivity index (χ1n) is 10.2. The second-order valence-electron chi connectivity index (χ2n) is 7.52. The van der Waals surface area contributed by atoms with Gasteiger partial charge < -0.3 is 15.4 Å². The molecule has 0 unspecified atom stereocenters. The van der Waals surface area contributed by atoms with Crippen LogP contribution in [-0.4, -0.2) is 0 Å². The molecule has 4 aromatic rings. The summed E-state index contributed by atoms with van der Waals surface area (Å²) in [5, 5.41) is 7.20. The molecule has 4 aromatic carbocycles. The summed E-state index contributed by atoms with van der Waals surface area (Å²) < 4.78 is 6.22. The third-order valence-corrected chi connectivity index (χ3v) is 7.75. The van der Waals surface area contributed by atoms with E-state index in [9.17, 15) is 0 Å². The normalized spacial score (nSPS) is 13.2. The summed E-state index contributed by atoms with van der Waals surface area (Å²) in [6, 6.07) is 29.7. The zero-order valence-electron chi connectivity index (χ0n) is 16.7. The van der Waals surface area contributed by atoms with Crippen LogP contribution in [-0.2, 0) is 18.0 Å². The van der Waals surface area contributed by atoms with Crippen molar-refractivity contribution in [1.82, 2.24) is 0 Å². The minimum atomic E-state index is 0.562. The van der Waals surface area contributed by atoms with E-state index in [0.29, 0.717) is 13.2 Å². The molecule has 2 heterocycles. The average Bonchev–Trinajstić information content (AvgIpc) is 2.82. The fourth-order valence-electron chi connectivity index (χ4n) is 3.94. The van der Waals surface area contributed by atoms with Crippen LogP contribution in [0.25, 0.3) is 0 Å². The van der Waals surface area contributed by atoms with Gasteiger partial charge in [0.15, 0.2) is 0 Å². The number of anilines is 4. The Hall–Kier alpha value is -2.86. The SMILES string of the molecule is c1ccc2c(c1)Nc1c(COCc3cccc4c3Nc3ccccc3S4)cccc1S2. The molecule has 31 heavy (non-hydrogen) atoms. The molecule has 0 aromatic heterocycles. The minimum Gasteiger partial charge on any atom is -0.372 e. The Morgan fingerprint density at radius 3 is 1.48 bits per heavy atom. The van der Waals surface area contributed by atoms with E-state index in [1.165, 1.54) is 30.7 Å². The summed E-state index contributed by atoms with van der Waals surface area (Å²) in [6.45, 7) is 1.12. The van der Waals surface area contributed by atoms with Crippen molar-refractivity contribution < 1.29 is 4.74 Å². The Morgan fingerprint density at radius 1 is 0.516 bits per heavy atom. The molecule has 0 fully saturated rings. The Balaban J connectivity index is 1.20. The lowest BCUT2D eigenvalue weighted by Crippen LogP contribution is -2.06. The molecule has 0 bridgehead atoms.